The van der Waals surface area contributed by atoms with Gasteiger partial charge in [0.15, 0.2) is 0 Å². The van der Waals surface area contributed by atoms with Crippen LogP contribution < -0.4 is 0 Å². The zero-order valence-corrected chi connectivity index (χ0v) is 28.6. The first-order valence-corrected chi connectivity index (χ1v) is 18.0. The molecule has 0 N–H and O–H groups in total. The summed E-state index contributed by atoms with van der Waals surface area (Å²) in [5.74, 6) is 0. The fourth-order valence-electron chi connectivity index (χ4n) is 8.30. The smallest absolute Gasteiger partial charge is 0.143 e. The number of rotatable bonds is 4. The highest BCUT2D eigenvalue weighted by Gasteiger charge is 2.16. The predicted octanol–water partition coefficient (Wildman–Crippen LogP) is 13.7. The molecular formula is C50H30N2O. The van der Waals surface area contributed by atoms with Crippen LogP contribution in [-0.2, 0) is 0 Å². The summed E-state index contributed by atoms with van der Waals surface area (Å²) in [6.07, 6.45) is 3.55. The largest absolute Gasteiger partial charge is 0.455 e. The molecule has 11 rings (SSSR count). The van der Waals surface area contributed by atoms with Crippen LogP contribution in [-0.4, -0.2) is 9.97 Å². The summed E-state index contributed by atoms with van der Waals surface area (Å²) in [5, 5.41) is 9.31. The van der Waals surface area contributed by atoms with Gasteiger partial charge >= 0.3 is 0 Å². The maximum absolute atomic E-state index is 6.46. The van der Waals surface area contributed by atoms with E-state index in [0.29, 0.717) is 0 Å². The van der Waals surface area contributed by atoms with Crippen molar-refractivity contribution < 1.29 is 4.42 Å². The SMILES string of the molecule is c1cc(-c2cccc(-c3ccc(-c4cccc5c4oc4ccccc45)c4ccccc34)c2)cc(-c2ccc3c(c2)c2ccccc2c2nccnc32)c1. The third kappa shape index (κ3) is 4.68. The van der Waals surface area contributed by atoms with E-state index in [1.807, 2.05) is 12.1 Å². The number of benzene rings is 9. The Labute approximate surface area is 305 Å². The Morgan fingerprint density at radius 3 is 1.58 bits per heavy atom. The summed E-state index contributed by atoms with van der Waals surface area (Å²) in [6, 6.07) is 61.0. The Morgan fingerprint density at radius 2 is 0.830 bits per heavy atom. The number of para-hydroxylation sites is 2. The molecule has 0 saturated heterocycles. The number of aromatic nitrogens is 2. The second-order valence-corrected chi connectivity index (χ2v) is 13.7. The van der Waals surface area contributed by atoms with Gasteiger partial charge in [-0.25, -0.2) is 0 Å². The van der Waals surface area contributed by atoms with Crippen LogP contribution in [0.5, 0.6) is 0 Å². The van der Waals surface area contributed by atoms with Gasteiger partial charge in [-0.3, -0.25) is 9.97 Å². The molecule has 0 aliphatic carbocycles. The summed E-state index contributed by atoms with van der Waals surface area (Å²) in [4.78, 5) is 9.44. The van der Waals surface area contributed by atoms with Crippen molar-refractivity contribution in [3.8, 4) is 44.5 Å². The number of furan rings is 1. The first kappa shape index (κ1) is 29.6. The van der Waals surface area contributed by atoms with E-state index in [1.165, 1.54) is 60.5 Å². The number of fused-ring (bicyclic) bond motifs is 10. The van der Waals surface area contributed by atoms with Gasteiger partial charge in [0.05, 0.1) is 11.0 Å². The van der Waals surface area contributed by atoms with Gasteiger partial charge in [-0.1, -0.05) is 146 Å². The van der Waals surface area contributed by atoms with Gasteiger partial charge in [0.1, 0.15) is 11.2 Å². The fraction of sp³-hybridized carbons (Fsp3) is 0. The highest BCUT2D eigenvalue weighted by Crippen LogP contribution is 2.42. The lowest BCUT2D eigenvalue weighted by Gasteiger charge is -2.14. The average molecular weight is 675 g/mol. The Balaban J connectivity index is 1.01. The van der Waals surface area contributed by atoms with Crippen LogP contribution in [0.4, 0.5) is 0 Å². The van der Waals surface area contributed by atoms with Crippen LogP contribution in [0.15, 0.2) is 187 Å². The van der Waals surface area contributed by atoms with Crippen molar-refractivity contribution in [2.24, 2.45) is 0 Å². The molecule has 2 aromatic heterocycles. The van der Waals surface area contributed by atoms with Crippen molar-refractivity contribution in [2.75, 3.05) is 0 Å². The van der Waals surface area contributed by atoms with E-state index in [-0.39, 0.29) is 0 Å². The predicted molar refractivity (Wildman–Crippen MR) is 221 cm³/mol. The number of hydrogen-bond acceptors (Lipinski definition) is 3. The molecule has 0 unspecified atom stereocenters. The highest BCUT2D eigenvalue weighted by molar-refractivity contribution is 6.23. The maximum atomic E-state index is 6.46. The molecule has 246 valence electrons. The van der Waals surface area contributed by atoms with Crippen LogP contribution in [0.25, 0.3) is 110 Å². The highest BCUT2D eigenvalue weighted by atomic mass is 16.3. The third-order valence-electron chi connectivity index (χ3n) is 10.8. The minimum atomic E-state index is 0.911. The van der Waals surface area contributed by atoms with Gasteiger partial charge in [-0.2, -0.15) is 0 Å². The first-order valence-electron chi connectivity index (χ1n) is 18.0. The maximum Gasteiger partial charge on any atom is 0.143 e. The molecule has 0 atom stereocenters. The van der Waals surface area contributed by atoms with Crippen LogP contribution in [0.1, 0.15) is 0 Å². The minimum Gasteiger partial charge on any atom is -0.455 e. The molecule has 0 aliphatic rings. The van der Waals surface area contributed by atoms with Gasteiger partial charge in [0, 0.05) is 39.5 Å². The fourth-order valence-corrected chi connectivity index (χ4v) is 8.30. The summed E-state index contributed by atoms with van der Waals surface area (Å²) >= 11 is 0. The minimum absolute atomic E-state index is 0.911. The lowest BCUT2D eigenvalue weighted by Crippen LogP contribution is -1.89. The Kier molecular flexibility index (Phi) is 6.55. The summed E-state index contributed by atoms with van der Waals surface area (Å²) < 4.78 is 6.46. The molecule has 0 saturated carbocycles. The number of nitrogens with zero attached hydrogens (tertiary/aromatic N) is 2. The molecule has 9 aromatic carbocycles. The summed E-state index contributed by atoms with van der Waals surface area (Å²) in [5.41, 5.74) is 13.1. The molecule has 0 radical (unpaired) electrons. The summed E-state index contributed by atoms with van der Waals surface area (Å²) in [7, 11) is 0. The van der Waals surface area contributed by atoms with Gasteiger partial charge in [0.2, 0.25) is 0 Å². The van der Waals surface area contributed by atoms with Crippen molar-refractivity contribution in [2.45, 2.75) is 0 Å². The normalized spacial score (nSPS) is 11.8. The molecule has 2 heterocycles. The molecule has 3 nitrogen and oxygen atoms in total. The molecule has 3 heteroatoms. The van der Waals surface area contributed by atoms with Crippen LogP contribution in [0.3, 0.4) is 0 Å². The summed E-state index contributed by atoms with van der Waals surface area (Å²) in [6.45, 7) is 0. The molecule has 53 heavy (non-hydrogen) atoms. The van der Waals surface area contributed by atoms with E-state index in [4.69, 9.17) is 14.4 Å². The van der Waals surface area contributed by atoms with Gasteiger partial charge in [-0.05, 0) is 84.8 Å². The van der Waals surface area contributed by atoms with Crippen LogP contribution >= 0.6 is 0 Å². The van der Waals surface area contributed by atoms with E-state index < -0.39 is 0 Å². The average Bonchev–Trinajstić information content (AvgIpc) is 3.62. The second-order valence-electron chi connectivity index (χ2n) is 13.7. The van der Waals surface area contributed by atoms with E-state index in [9.17, 15) is 0 Å². The van der Waals surface area contributed by atoms with Gasteiger partial charge in [-0.15, -0.1) is 0 Å². The van der Waals surface area contributed by atoms with Crippen molar-refractivity contribution >= 4 is 65.3 Å². The molecule has 0 aliphatic heterocycles. The van der Waals surface area contributed by atoms with Crippen molar-refractivity contribution in [3.63, 3.8) is 0 Å². The zero-order valence-electron chi connectivity index (χ0n) is 28.6. The van der Waals surface area contributed by atoms with E-state index in [0.717, 1.165) is 49.3 Å². The topological polar surface area (TPSA) is 38.9 Å². The van der Waals surface area contributed by atoms with Crippen molar-refractivity contribution in [3.05, 3.63) is 182 Å². The number of hydrogen-bond donors (Lipinski definition) is 0. The van der Waals surface area contributed by atoms with Crippen molar-refractivity contribution in [1.82, 2.24) is 9.97 Å². The van der Waals surface area contributed by atoms with Crippen molar-refractivity contribution in [1.29, 1.82) is 0 Å². The quantitative estimate of drug-likeness (QED) is 0.174. The standard InChI is InChI=1S/C50H30N2O/c1-2-15-38-37(14-1)36(24-25-40(38)44-19-9-20-45-41-17-5-6-21-47(41)53-50(44)45)35-13-8-12-33(29-35)31-10-7-11-32(28-31)34-22-23-43-46(30-34)39-16-3-4-18-42(39)48-49(43)52-27-26-51-48/h1-30H. The van der Waals surface area contributed by atoms with E-state index >= 15 is 0 Å². The molecule has 0 bridgehead atoms. The molecule has 11 aromatic rings. The Bertz CT molecular complexity index is 3210. The van der Waals surface area contributed by atoms with Crippen LogP contribution in [0, 0.1) is 0 Å². The lowest BCUT2D eigenvalue weighted by molar-refractivity contribution is 0.670. The Hall–Kier alpha value is -7.10. The van der Waals surface area contributed by atoms with Gasteiger partial charge < -0.3 is 4.42 Å². The van der Waals surface area contributed by atoms with Gasteiger partial charge in [0.25, 0.3) is 0 Å². The third-order valence-corrected chi connectivity index (χ3v) is 10.8. The molecule has 0 spiro atoms. The molecular weight excluding hydrogens is 645 g/mol. The second kappa shape index (κ2) is 11.7. The first-order chi connectivity index (χ1) is 26.3. The zero-order chi connectivity index (χ0) is 34.9. The van der Waals surface area contributed by atoms with Crippen LogP contribution in [0.2, 0.25) is 0 Å². The molecule has 0 amide bonds. The van der Waals surface area contributed by atoms with E-state index in [2.05, 4.69) is 158 Å². The van der Waals surface area contributed by atoms with E-state index in [1.54, 1.807) is 12.4 Å². The monoisotopic (exact) mass is 674 g/mol. The lowest BCUT2D eigenvalue weighted by atomic mass is 9.90. The Morgan fingerprint density at radius 1 is 0.302 bits per heavy atom. The molecule has 0 fully saturated rings.